The fourth-order valence-corrected chi connectivity index (χ4v) is 2.91. The summed E-state index contributed by atoms with van der Waals surface area (Å²) in [7, 11) is 0. The van der Waals surface area contributed by atoms with Gasteiger partial charge < -0.3 is 5.73 Å². The standard InChI is InChI=1S/C16H21FN2S/c1-12(2)19(11-16-4-3-7-20-16)10-13-5-6-15(17)8-14(13)9-18/h3-8,12H,9-11,18H2,1-2H3. The van der Waals surface area contributed by atoms with Gasteiger partial charge in [0.1, 0.15) is 5.82 Å². The monoisotopic (exact) mass is 292 g/mol. The van der Waals surface area contributed by atoms with Gasteiger partial charge in [0, 0.05) is 30.6 Å². The van der Waals surface area contributed by atoms with Crippen LogP contribution in [0.15, 0.2) is 35.7 Å². The Morgan fingerprint density at radius 1 is 1.20 bits per heavy atom. The fourth-order valence-electron chi connectivity index (χ4n) is 2.18. The maximum Gasteiger partial charge on any atom is 0.123 e. The molecule has 0 fully saturated rings. The number of benzene rings is 1. The summed E-state index contributed by atoms with van der Waals surface area (Å²) in [5, 5.41) is 2.09. The summed E-state index contributed by atoms with van der Waals surface area (Å²) < 4.78 is 13.3. The summed E-state index contributed by atoms with van der Waals surface area (Å²) in [5.74, 6) is -0.219. The summed E-state index contributed by atoms with van der Waals surface area (Å²) in [6.45, 7) is 6.44. The van der Waals surface area contributed by atoms with Gasteiger partial charge in [0.05, 0.1) is 0 Å². The van der Waals surface area contributed by atoms with Gasteiger partial charge in [0.2, 0.25) is 0 Å². The van der Waals surface area contributed by atoms with Gasteiger partial charge in [-0.15, -0.1) is 11.3 Å². The van der Waals surface area contributed by atoms with Gasteiger partial charge in [-0.3, -0.25) is 4.90 Å². The maximum atomic E-state index is 13.3. The fraction of sp³-hybridized carbons (Fsp3) is 0.375. The van der Waals surface area contributed by atoms with Crippen LogP contribution in [0.1, 0.15) is 29.9 Å². The van der Waals surface area contributed by atoms with E-state index < -0.39 is 0 Å². The molecule has 0 aliphatic rings. The summed E-state index contributed by atoms with van der Waals surface area (Å²) in [4.78, 5) is 3.72. The van der Waals surface area contributed by atoms with Crippen LogP contribution in [0.25, 0.3) is 0 Å². The van der Waals surface area contributed by atoms with Crippen LogP contribution in [0.5, 0.6) is 0 Å². The van der Waals surface area contributed by atoms with E-state index >= 15 is 0 Å². The number of hydrogen-bond acceptors (Lipinski definition) is 3. The topological polar surface area (TPSA) is 29.3 Å². The number of halogens is 1. The highest BCUT2D eigenvalue weighted by Gasteiger charge is 2.13. The molecule has 1 aromatic heterocycles. The van der Waals surface area contributed by atoms with E-state index in [0.717, 1.165) is 24.2 Å². The van der Waals surface area contributed by atoms with Crippen molar-refractivity contribution in [1.82, 2.24) is 4.90 Å². The van der Waals surface area contributed by atoms with E-state index in [0.29, 0.717) is 12.6 Å². The summed E-state index contributed by atoms with van der Waals surface area (Å²) in [5.41, 5.74) is 7.73. The number of nitrogens with two attached hydrogens (primary N) is 1. The maximum absolute atomic E-state index is 13.3. The Labute approximate surface area is 124 Å². The molecule has 0 atom stereocenters. The quantitative estimate of drug-likeness (QED) is 0.878. The first-order chi connectivity index (χ1) is 9.60. The Morgan fingerprint density at radius 3 is 2.60 bits per heavy atom. The Balaban J connectivity index is 2.15. The zero-order valence-electron chi connectivity index (χ0n) is 12.0. The molecule has 2 rings (SSSR count). The average molecular weight is 292 g/mol. The number of thiophene rings is 1. The lowest BCUT2D eigenvalue weighted by Gasteiger charge is -2.27. The van der Waals surface area contributed by atoms with Crippen LogP contribution in [0, 0.1) is 5.82 Å². The second-order valence-corrected chi connectivity index (χ2v) is 6.23. The van der Waals surface area contributed by atoms with Crippen LogP contribution in [0.3, 0.4) is 0 Å². The molecule has 1 heterocycles. The molecular formula is C16H21FN2S. The Bertz CT molecular complexity index is 537. The Kier molecular flexibility index (Phi) is 5.29. The van der Waals surface area contributed by atoms with Gasteiger partial charge in [-0.05, 0) is 48.6 Å². The van der Waals surface area contributed by atoms with Crippen molar-refractivity contribution in [2.45, 2.75) is 39.5 Å². The molecular weight excluding hydrogens is 271 g/mol. The first-order valence-corrected chi connectivity index (χ1v) is 7.72. The van der Waals surface area contributed by atoms with Gasteiger partial charge in [-0.1, -0.05) is 12.1 Å². The van der Waals surface area contributed by atoms with Crippen molar-refractivity contribution in [1.29, 1.82) is 0 Å². The minimum absolute atomic E-state index is 0.219. The minimum Gasteiger partial charge on any atom is -0.326 e. The van der Waals surface area contributed by atoms with Crippen molar-refractivity contribution in [3.05, 3.63) is 57.5 Å². The van der Waals surface area contributed by atoms with E-state index in [1.807, 2.05) is 6.07 Å². The van der Waals surface area contributed by atoms with Crippen LogP contribution < -0.4 is 5.73 Å². The summed E-state index contributed by atoms with van der Waals surface area (Å²) >= 11 is 1.77. The smallest absolute Gasteiger partial charge is 0.123 e. The van der Waals surface area contributed by atoms with Crippen LogP contribution in [-0.4, -0.2) is 10.9 Å². The molecule has 0 spiro atoms. The highest BCUT2D eigenvalue weighted by molar-refractivity contribution is 7.09. The zero-order chi connectivity index (χ0) is 14.5. The van der Waals surface area contributed by atoms with Gasteiger partial charge in [-0.25, -0.2) is 4.39 Å². The van der Waals surface area contributed by atoms with Crippen molar-refractivity contribution in [2.24, 2.45) is 5.73 Å². The second-order valence-electron chi connectivity index (χ2n) is 5.20. The lowest BCUT2D eigenvalue weighted by molar-refractivity contribution is 0.205. The molecule has 0 saturated heterocycles. The number of rotatable bonds is 6. The largest absolute Gasteiger partial charge is 0.326 e. The normalized spacial score (nSPS) is 11.5. The van der Waals surface area contributed by atoms with E-state index in [2.05, 4.69) is 36.3 Å². The predicted octanol–water partition coefficient (Wildman–Crippen LogP) is 3.76. The van der Waals surface area contributed by atoms with Gasteiger partial charge in [0.25, 0.3) is 0 Å². The molecule has 20 heavy (non-hydrogen) atoms. The second kappa shape index (κ2) is 6.97. The third kappa shape index (κ3) is 3.88. The molecule has 0 amide bonds. The van der Waals surface area contributed by atoms with E-state index in [4.69, 9.17) is 5.73 Å². The highest BCUT2D eigenvalue weighted by Crippen LogP contribution is 2.19. The average Bonchev–Trinajstić information content (AvgIpc) is 2.92. The molecule has 0 radical (unpaired) electrons. The van der Waals surface area contributed by atoms with Crippen molar-refractivity contribution >= 4 is 11.3 Å². The molecule has 0 saturated carbocycles. The highest BCUT2D eigenvalue weighted by atomic mass is 32.1. The first-order valence-electron chi connectivity index (χ1n) is 6.84. The molecule has 108 valence electrons. The lowest BCUT2D eigenvalue weighted by atomic mass is 10.1. The van der Waals surface area contributed by atoms with Crippen molar-refractivity contribution in [3.8, 4) is 0 Å². The SMILES string of the molecule is CC(C)N(Cc1cccs1)Cc1ccc(F)cc1CN. The van der Waals surface area contributed by atoms with Gasteiger partial charge in [-0.2, -0.15) is 0 Å². The molecule has 0 aliphatic carbocycles. The van der Waals surface area contributed by atoms with Crippen molar-refractivity contribution in [2.75, 3.05) is 0 Å². The van der Waals surface area contributed by atoms with E-state index in [-0.39, 0.29) is 5.82 Å². The van der Waals surface area contributed by atoms with Crippen LogP contribution >= 0.6 is 11.3 Å². The van der Waals surface area contributed by atoms with E-state index in [9.17, 15) is 4.39 Å². The van der Waals surface area contributed by atoms with Crippen LogP contribution in [0.2, 0.25) is 0 Å². The third-order valence-electron chi connectivity index (χ3n) is 3.43. The molecule has 2 nitrogen and oxygen atoms in total. The molecule has 1 aromatic carbocycles. The number of hydrogen-bond donors (Lipinski definition) is 1. The third-order valence-corrected chi connectivity index (χ3v) is 4.29. The van der Waals surface area contributed by atoms with Gasteiger partial charge in [0.15, 0.2) is 0 Å². The van der Waals surface area contributed by atoms with Gasteiger partial charge >= 0.3 is 0 Å². The molecule has 2 aromatic rings. The van der Waals surface area contributed by atoms with E-state index in [1.54, 1.807) is 17.4 Å². The molecule has 0 aliphatic heterocycles. The predicted molar refractivity (Wildman–Crippen MR) is 83.0 cm³/mol. The van der Waals surface area contributed by atoms with Crippen molar-refractivity contribution in [3.63, 3.8) is 0 Å². The molecule has 0 bridgehead atoms. The number of nitrogens with zero attached hydrogens (tertiary/aromatic N) is 1. The zero-order valence-corrected chi connectivity index (χ0v) is 12.8. The molecule has 0 unspecified atom stereocenters. The van der Waals surface area contributed by atoms with Crippen LogP contribution in [-0.2, 0) is 19.6 Å². The Morgan fingerprint density at radius 2 is 2.00 bits per heavy atom. The first kappa shape index (κ1) is 15.2. The van der Waals surface area contributed by atoms with E-state index in [1.165, 1.54) is 10.9 Å². The lowest BCUT2D eigenvalue weighted by Crippen LogP contribution is -2.30. The van der Waals surface area contributed by atoms with Crippen molar-refractivity contribution < 1.29 is 4.39 Å². The molecule has 4 heteroatoms. The molecule has 2 N–H and O–H groups in total. The Hall–Kier alpha value is -1.23. The minimum atomic E-state index is -0.219. The summed E-state index contributed by atoms with van der Waals surface area (Å²) in [6.07, 6.45) is 0. The summed E-state index contributed by atoms with van der Waals surface area (Å²) in [6, 6.07) is 9.54. The van der Waals surface area contributed by atoms with Crippen LogP contribution in [0.4, 0.5) is 4.39 Å².